The van der Waals surface area contributed by atoms with Crippen LogP contribution in [0.1, 0.15) is 70.8 Å². The Bertz CT molecular complexity index is 1250. The normalized spacial score (nSPS) is 31.7. The van der Waals surface area contributed by atoms with Gasteiger partial charge in [-0.1, -0.05) is 69.2 Å². The first-order valence-corrected chi connectivity index (χ1v) is 13.7. The lowest BCUT2D eigenvalue weighted by Gasteiger charge is -2.43. The smallest absolute Gasteiger partial charge is 0.348 e. The first-order valence-electron chi connectivity index (χ1n) is 13.7. The Kier molecular flexibility index (Phi) is 7.38. The number of hydrogen-bond donors (Lipinski definition) is 1. The third-order valence-corrected chi connectivity index (χ3v) is 8.25. The molecule has 8 nitrogen and oxygen atoms in total. The van der Waals surface area contributed by atoms with Crippen molar-refractivity contribution < 1.29 is 38.4 Å². The van der Waals surface area contributed by atoms with Crippen molar-refractivity contribution in [2.24, 2.45) is 11.8 Å². The molecule has 0 radical (unpaired) electrons. The van der Waals surface area contributed by atoms with Crippen molar-refractivity contribution in [2.45, 2.75) is 76.8 Å². The second kappa shape index (κ2) is 10.8. The number of allylic oxidation sites excluding steroid dienone is 4. The minimum atomic E-state index is -1.20. The molecule has 0 amide bonds. The van der Waals surface area contributed by atoms with Crippen LogP contribution in [0.15, 0.2) is 71.7 Å². The fourth-order valence-electron chi connectivity index (χ4n) is 5.75. The predicted octanol–water partition coefficient (Wildman–Crippen LogP) is 5.81. The number of esters is 3. The van der Waals surface area contributed by atoms with Gasteiger partial charge in [-0.15, -0.1) is 0 Å². The standard InChI is InChI=1S/C31H34O8/c1-20-10-6-8-18-30(20)36-26(32)24(27(33)37-30)16-14-23(22-12-4-3-5-13-22)15-17-25-28(34)38-31(39-29(25)35)19-9-7-11-21(31)2/h3-5,12-17,20-21,32H,6-11,18-19H2,1-2H3/b16-14+,23-15-,25-17?. The van der Waals surface area contributed by atoms with Crippen molar-refractivity contribution in [2.75, 3.05) is 0 Å². The molecule has 2 saturated carbocycles. The van der Waals surface area contributed by atoms with Crippen LogP contribution in [0.25, 0.3) is 5.57 Å². The molecule has 3 fully saturated rings. The van der Waals surface area contributed by atoms with Gasteiger partial charge in [0.15, 0.2) is 0 Å². The van der Waals surface area contributed by atoms with Crippen LogP contribution in [-0.4, -0.2) is 34.6 Å². The number of ether oxygens (including phenoxy) is 4. The molecule has 1 aromatic rings. The first-order chi connectivity index (χ1) is 18.7. The van der Waals surface area contributed by atoms with Crippen LogP contribution in [0.4, 0.5) is 0 Å². The van der Waals surface area contributed by atoms with Crippen LogP contribution in [0.2, 0.25) is 0 Å². The molecule has 1 saturated heterocycles. The van der Waals surface area contributed by atoms with Crippen molar-refractivity contribution in [3.63, 3.8) is 0 Å². The van der Waals surface area contributed by atoms with E-state index in [-0.39, 0.29) is 23.0 Å². The van der Waals surface area contributed by atoms with E-state index in [0.29, 0.717) is 18.4 Å². The van der Waals surface area contributed by atoms with Gasteiger partial charge in [0.25, 0.3) is 17.5 Å². The van der Waals surface area contributed by atoms with Crippen LogP contribution in [-0.2, 0) is 33.3 Å². The molecule has 1 aromatic carbocycles. The molecule has 2 aliphatic heterocycles. The van der Waals surface area contributed by atoms with Crippen molar-refractivity contribution in [3.05, 3.63) is 77.3 Å². The van der Waals surface area contributed by atoms with Gasteiger partial charge in [-0.05, 0) is 49.0 Å². The molecule has 206 valence electrons. The van der Waals surface area contributed by atoms with Crippen LogP contribution in [0.3, 0.4) is 0 Å². The molecular weight excluding hydrogens is 500 g/mol. The Labute approximate surface area is 228 Å². The van der Waals surface area contributed by atoms with Gasteiger partial charge < -0.3 is 24.1 Å². The highest BCUT2D eigenvalue weighted by Crippen LogP contribution is 2.43. The van der Waals surface area contributed by atoms with Gasteiger partial charge in [0.05, 0.1) is 0 Å². The highest BCUT2D eigenvalue weighted by Gasteiger charge is 2.51. The monoisotopic (exact) mass is 534 g/mol. The topological polar surface area (TPSA) is 108 Å². The summed E-state index contributed by atoms with van der Waals surface area (Å²) in [6, 6.07) is 9.21. The van der Waals surface area contributed by atoms with E-state index in [4.69, 9.17) is 18.9 Å². The fraction of sp³-hybridized carbons (Fsp3) is 0.452. The summed E-state index contributed by atoms with van der Waals surface area (Å²) < 4.78 is 22.9. The highest BCUT2D eigenvalue weighted by atomic mass is 16.8. The first kappa shape index (κ1) is 26.8. The largest absolute Gasteiger partial charge is 0.480 e. The summed E-state index contributed by atoms with van der Waals surface area (Å²) in [5.41, 5.74) is 0.992. The van der Waals surface area contributed by atoms with Gasteiger partial charge in [0, 0.05) is 24.7 Å². The van der Waals surface area contributed by atoms with E-state index in [1.807, 2.05) is 44.2 Å². The molecule has 0 bridgehead atoms. The van der Waals surface area contributed by atoms with Crippen molar-refractivity contribution in [1.82, 2.24) is 0 Å². The van der Waals surface area contributed by atoms with Crippen LogP contribution in [0.5, 0.6) is 0 Å². The molecule has 4 aliphatic rings. The minimum absolute atomic E-state index is 0.0416. The quantitative estimate of drug-likeness (QED) is 0.223. The lowest BCUT2D eigenvalue weighted by molar-refractivity contribution is -0.269. The summed E-state index contributed by atoms with van der Waals surface area (Å²) in [5.74, 6) is -5.04. The number of aliphatic hydroxyl groups is 1. The summed E-state index contributed by atoms with van der Waals surface area (Å²) in [6.07, 6.45) is 12.3. The average molecular weight is 535 g/mol. The number of benzene rings is 1. The zero-order valence-corrected chi connectivity index (χ0v) is 22.3. The number of carbonyl (C=O) groups is 3. The number of rotatable bonds is 4. The van der Waals surface area contributed by atoms with E-state index in [1.54, 1.807) is 12.2 Å². The fourth-order valence-corrected chi connectivity index (χ4v) is 5.75. The molecule has 1 N–H and O–H groups in total. The van der Waals surface area contributed by atoms with Crippen molar-refractivity contribution in [1.29, 1.82) is 0 Å². The molecule has 3 unspecified atom stereocenters. The van der Waals surface area contributed by atoms with Gasteiger partial charge in [-0.3, -0.25) is 0 Å². The molecule has 2 spiro atoms. The SMILES string of the molecule is CC1CCCCC12OC(=O)C(=C/C=C(/C=C/C1=C(O)OC3(CCCCC3C)OC1=O)c1ccccc1)C(=O)O2. The second-order valence-electron chi connectivity index (χ2n) is 10.8. The van der Waals surface area contributed by atoms with E-state index >= 15 is 0 Å². The average Bonchev–Trinajstić information content (AvgIpc) is 2.90. The maximum absolute atomic E-state index is 12.9. The van der Waals surface area contributed by atoms with Crippen molar-refractivity contribution in [3.8, 4) is 0 Å². The summed E-state index contributed by atoms with van der Waals surface area (Å²) >= 11 is 0. The summed E-state index contributed by atoms with van der Waals surface area (Å²) in [7, 11) is 0. The van der Waals surface area contributed by atoms with Gasteiger partial charge in [0.2, 0.25) is 0 Å². The van der Waals surface area contributed by atoms with E-state index < -0.39 is 35.4 Å². The number of hydrogen-bond acceptors (Lipinski definition) is 8. The maximum Gasteiger partial charge on any atom is 0.348 e. The second-order valence-corrected chi connectivity index (χ2v) is 10.8. The molecule has 3 atom stereocenters. The summed E-state index contributed by atoms with van der Waals surface area (Å²) in [6.45, 7) is 3.87. The van der Waals surface area contributed by atoms with Crippen molar-refractivity contribution >= 4 is 23.5 Å². The van der Waals surface area contributed by atoms with Crippen LogP contribution < -0.4 is 0 Å². The highest BCUT2D eigenvalue weighted by molar-refractivity contribution is 6.15. The van der Waals surface area contributed by atoms with Gasteiger partial charge in [-0.2, -0.15) is 0 Å². The lowest BCUT2D eigenvalue weighted by Crippen LogP contribution is -2.52. The third kappa shape index (κ3) is 5.24. The van der Waals surface area contributed by atoms with Gasteiger partial charge in [-0.25, -0.2) is 14.4 Å². The lowest BCUT2D eigenvalue weighted by atomic mass is 9.84. The molecule has 8 heteroatoms. The van der Waals surface area contributed by atoms with Gasteiger partial charge >= 0.3 is 17.9 Å². The number of carbonyl (C=O) groups excluding carboxylic acids is 3. The van der Waals surface area contributed by atoms with E-state index in [2.05, 4.69) is 0 Å². The molecule has 0 aromatic heterocycles. The Morgan fingerprint density at radius 1 is 0.821 bits per heavy atom. The molecular formula is C31H34O8. The molecule has 5 rings (SSSR count). The van der Waals surface area contributed by atoms with Gasteiger partial charge in [0.1, 0.15) is 11.1 Å². The molecule has 39 heavy (non-hydrogen) atoms. The Morgan fingerprint density at radius 3 is 1.95 bits per heavy atom. The van der Waals surface area contributed by atoms with Crippen LogP contribution in [0, 0.1) is 11.8 Å². The minimum Gasteiger partial charge on any atom is -0.480 e. The molecule has 2 heterocycles. The predicted molar refractivity (Wildman–Crippen MR) is 141 cm³/mol. The zero-order chi connectivity index (χ0) is 27.6. The Morgan fingerprint density at radius 2 is 1.38 bits per heavy atom. The maximum atomic E-state index is 12.9. The van der Waals surface area contributed by atoms with E-state index in [9.17, 15) is 19.5 Å². The van der Waals surface area contributed by atoms with E-state index in [0.717, 1.165) is 44.1 Å². The van der Waals surface area contributed by atoms with Crippen LogP contribution >= 0.6 is 0 Å². The Balaban J connectivity index is 1.42. The third-order valence-electron chi connectivity index (χ3n) is 8.25. The summed E-state index contributed by atoms with van der Waals surface area (Å²) in [5, 5.41) is 10.7. The zero-order valence-electron chi connectivity index (χ0n) is 22.3. The Hall–Kier alpha value is -3.81. The summed E-state index contributed by atoms with van der Waals surface area (Å²) in [4.78, 5) is 38.7. The molecule has 2 aliphatic carbocycles. The van der Waals surface area contributed by atoms with E-state index in [1.165, 1.54) is 12.2 Å². The number of aliphatic hydroxyl groups excluding tert-OH is 1.